The van der Waals surface area contributed by atoms with E-state index in [1.54, 1.807) is 6.07 Å². The van der Waals surface area contributed by atoms with Gasteiger partial charge in [0.05, 0.1) is 0 Å². The van der Waals surface area contributed by atoms with Crippen LogP contribution in [0.4, 0.5) is 5.82 Å². The van der Waals surface area contributed by atoms with Gasteiger partial charge in [-0.15, -0.1) is 10.2 Å². The SMILES string of the molecule is CN1CCc2cnc(C(=O)Nc3cccc(-c4nnc5n4CCC5)n3)cc2C1. The van der Waals surface area contributed by atoms with E-state index in [0.717, 1.165) is 56.1 Å². The lowest BCUT2D eigenvalue weighted by Gasteiger charge is -2.24. The summed E-state index contributed by atoms with van der Waals surface area (Å²) < 4.78 is 2.09. The predicted octanol–water partition coefficient (Wildman–Crippen LogP) is 1.92. The highest BCUT2D eigenvalue weighted by Crippen LogP contribution is 2.23. The third-order valence-corrected chi connectivity index (χ3v) is 5.35. The Morgan fingerprint density at radius 2 is 2.07 bits per heavy atom. The number of amides is 1. The first kappa shape index (κ1) is 17.0. The summed E-state index contributed by atoms with van der Waals surface area (Å²) in [6.45, 7) is 2.76. The molecule has 0 aliphatic carbocycles. The number of rotatable bonds is 3. The highest BCUT2D eigenvalue weighted by Gasteiger charge is 2.20. The standard InChI is InChI=1S/C20H21N7O/c1-26-9-7-13-11-21-16(10-14(13)12-26)20(28)23-17-5-2-4-15(22-17)19-25-24-18-6-3-8-27(18)19/h2,4-5,10-11H,3,6-9,12H2,1H3,(H,22,23,28). The number of hydrogen-bond donors (Lipinski definition) is 1. The molecule has 0 aromatic carbocycles. The minimum Gasteiger partial charge on any atom is -0.310 e. The van der Waals surface area contributed by atoms with Crippen molar-refractivity contribution in [3.05, 3.63) is 53.1 Å². The second-order valence-electron chi connectivity index (χ2n) is 7.38. The molecule has 5 heterocycles. The number of pyridine rings is 2. The van der Waals surface area contributed by atoms with Gasteiger partial charge in [-0.05, 0) is 49.2 Å². The molecule has 3 aromatic heterocycles. The Morgan fingerprint density at radius 3 is 3.00 bits per heavy atom. The van der Waals surface area contributed by atoms with Gasteiger partial charge in [-0.2, -0.15) is 0 Å². The molecular formula is C20H21N7O. The van der Waals surface area contributed by atoms with E-state index >= 15 is 0 Å². The van der Waals surface area contributed by atoms with Gasteiger partial charge in [-0.1, -0.05) is 6.07 Å². The van der Waals surface area contributed by atoms with Crippen LogP contribution >= 0.6 is 0 Å². The molecule has 0 bridgehead atoms. The maximum atomic E-state index is 12.7. The molecule has 5 rings (SSSR count). The van der Waals surface area contributed by atoms with Crippen molar-refractivity contribution in [3.8, 4) is 11.5 Å². The van der Waals surface area contributed by atoms with E-state index in [9.17, 15) is 4.79 Å². The molecule has 8 nitrogen and oxygen atoms in total. The quantitative estimate of drug-likeness (QED) is 0.752. The minimum atomic E-state index is -0.257. The molecule has 2 aliphatic heterocycles. The molecule has 0 unspecified atom stereocenters. The number of aromatic nitrogens is 5. The van der Waals surface area contributed by atoms with Crippen molar-refractivity contribution < 1.29 is 4.79 Å². The van der Waals surface area contributed by atoms with Crippen LogP contribution in [0.2, 0.25) is 0 Å². The lowest BCUT2D eigenvalue weighted by molar-refractivity contribution is 0.102. The Bertz CT molecular complexity index is 1060. The van der Waals surface area contributed by atoms with Crippen LogP contribution in [0.25, 0.3) is 11.5 Å². The van der Waals surface area contributed by atoms with Gasteiger partial charge >= 0.3 is 0 Å². The molecule has 2 aliphatic rings. The van der Waals surface area contributed by atoms with Crippen LogP contribution in [0.5, 0.6) is 0 Å². The molecule has 1 amide bonds. The van der Waals surface area contributed by atoms with Gasteiger partial charge in [0.2, 0.25) is 0 Å². The second kappa shape index (κ2) is 6.79. The van der Waals surface area contributed by atoms with Crippen molar-refractivity contribution >= 4 is 11.7 Å². The minimum absolute atomic E-state index is 0.257. The molecule has 0 spiro atoms. The molecule has 142 valence electrons. The van der Waals surface area contributed by atoms with Crippen LogP contribution in [0, 0.1) is 0 Å². The molecule has 1 N–H and O–H groups in total. The fraction of sp³-hybridized carbons (Fsp3) is 0.350. The van der Waals surface area contributed by atoms with E-state index in [2.05, 4.69) is 42.0 Å². The zero-order chi connectivity index (χ0) is 19.1. The fourth-order valence-electron chi connectivity index (χ4n) is 3.85. The summed E-state index contributed by atoms with van der Waals surface area (Å²) in [5.41, 5.74) is 3.49. The number of fused-ring (bicyclic) bond motifs is 2. The first-order chi connectivity index (χ1) is 13.7. The van der Waals surface area contributed by atoms with Crippen molar-refractivity contribution in [1.29, 1.82) is 0 Å². The zero-order valence-electron chi connectivity index (χ0n) is 15.7. The molecule has 3 aromatic rings. The summed E-state index contributed by atoms with van der Waals surface area (Å²) in [6.07, 6.45) is 4.81. The number of carbonyl (C=O) groups is 1. The molecule has 8 heteroatoms. The smallest absolute Gasteiger partial charge is 0.275 e. The maximum absolute atomic E-state index is 12.7. The van der Waals surface area contributed by atoms with Gasteiger partial charge in [0, 0.05) is 32.3 Å². The van der Waals surface area contributed by atoms with E-state index in [1.165, 1.54) is 5.56 Å². The van der Waals surface area contributed by atoms with E-state index in [-0.39, 0.29) is 5.91 Å². The Kier molecular flexibility index (Phi) is 4.12. The van der Waals surface area contributed by atoms with Crippen molar-refractivity contribution in [2.24, 2.45) is 0 Å². The molecule has 28 heavy (non-hydrogen) atoms. The van der Waals surface area contributed by atoms with Gasteiger partial charge in [0.25, 0.3) is 5.91 Å². The van der Waals surface area contributed by atoms with Crippen LogP contribution in [0.1, 0.15) is 33.9 Å². The lowest BCUT2D eigenvalue weighted by atomic mass is 10.0. The molecule has 0 saturated carbocycles. The lowest BCUT2D eigenvalue weighted by Crippen LogP contribution is -2.27. The van der Waals surface area contributed by atoms with Crippen LogP contribution in [0.15, 0.2) is 30.5 Å². The van der Waals surface area contributed by atoms with Crippen molar-refractivity contribution in [2.75, 3.05) is 18.9 Å². The Balaban J connectivity index is 1.38. The average Bonchev–Trinajstić information content (AvgIpc) is 3.31. The highest BCUT2D eigenvalue weighted by molar-refractivity contribution is 6.02. The van der Waals surface area contributed by atoms with Gasteiger partial charge in [-0.3, -0.25) is 9.78 Å². The number of nitrogens with one attached hydrogen (secondary N) is 1. The third-order valence-electron chi connectivity index (χ3n) is 5.35. The summed E-state index contributed by atoms with van der Waals surface area (Å²) >= 11 is 0. The van der Waals surface area contributed by atoms with Gasteiger partial charge in [-0.25, -0.2) is 4.98 Å². The molecule has 0 fully saturated rings. The average molecular weight is 375 g/mol. The van der Waals surface area contributed by atoms with Crippen LogP contribution < -0.4 is 5.32 Å². The second-order valence-corrected chi connectivity index (χ2v) is 7.38. The van der Waals surface area contributed by atoms with Crippen molar-refractivity contribution in [3.63, 3.8) is 0 Å². The fourth-order valence-corrected chi connectivity index (χ4v) is 3.85. The Hall–Kier alpha value is -3.13. The van der Waals surface area contributed by atoms with E-state index < -0.39 is 0 Å². The predicted molar refractivity (Wildman–Crippen MR) is 104 cm³/mol. The highest BCUT2D eigenvalue weighted by atomic mass is 16.1. The number of aryl methyl sites for hydroxylation is 1. The number of anilines is 1. The largest absolute Gasteiger partial charge is 0.310 e. The molecular weight excluding hydrogens is 354 g/mol. The summed E-state index contributed by atoms with van der Waals surface area (Å²) in [7, 11) is 2.08. The van der Waals surface area contributed by atoms with Crippen LogP contribution in [-0.4, -0.2) is 49.1 Å². The third kappa shape index (κ3) is 3.05. The molecule has 0 atom stereocenters. The normalized spacial score (nSPS) is 15.9. The number of likely N-dealkylation sites (N-methyl/N-ethyl adjacent to an activating group) is 1. The van der Waals surface area contributed by atoms with Crippen LogP contribution in [-0.2, 0) is 25.9 Å². The van der Waals surface area contributed by atoms with E-state index in [1.807, 2.05) is 24.4 Å². The monoisotopic (exact) mass is 375 g/mol. The number of nitrogens with zero attached hydrogens (tertiary/aromatic N) is 6. The summed E-state index contributed by atoms with van der Waals surface area (Å²) in [6, 6.07) is 7.41. The van der Waals surface area contributed by atoms with Crippen molar-refractivity contribution in [2.45, 2.75) is 32.4 Å². The maximum Gasteiger partial charge on any atom is 0.275 e. The summed E-state index contributed by atoms with van der Waals surface area (Å²) in [4.78, 5) is 23.9. The topological polar surface area (TPSA) is 88.8 Å². The Morgan fingerprint density at radius 1 is 1.14 bits per heavy atom. The first-order valence-corrected chi connectivity index (χ1v) is 9.54. The van der Waals surface area contributed by atoms with Crippen LogP contribution in [0.3, 0.4) is 0 Å². The zero-order valence-corrected chi connectivity index (χ0v) is 15.7. The molecule has 0 radical (unpaired) electrons. The van der Waals surface area contributed by atoms with Gasteiger partial charge in [0.1, 0.15) is 23.0 Å². The first-order valence-electron chi connectivity index (χ1n) is 9.54. The number of hydrogen-bond acceptors (Lipinski definition) is 6. The number of carbonyl (C=O) groups excluding carboxylic acids is 1. The Labute approximate surface area is 162 Å². The van der Waals surface area contributed by atoms with E-state index in [0.29, 0.717) is 17.2 Å². The summed E-state index contributed by atoms with van der Waals surface area (Å²) in [5.74, 6) is 1.97. The summed E-state index contributed by atoms with van der Waals surface area (Å²) in [5, 5.41) is 11.4. The molecule has 0 saturated heterocycles. The van der Waals surface area contributed by atoms with Gasteiger partial charge < -0.3 is 14.8 Å². The van der Waals surface area contributed by atoms with E-state index in [4.69, 9.17) is 0 Å². The van der Waals surface area contributed by atoms with Crippen molar-refractivity contribution in [1.82, 2.24) is 29.6 Å². The van der Waals surface area contributed by atoms with Gasteiger partial charge in [0.15, 0.2) is 5.82 Å².